The third-order valence-corrected chi connectivity index (χ3v) is 9.51. The van der Waals surface area contributed by atoms with Crippen molar-refractivity contribution in [3.05, 3.63) is 55.9 Å². The van der Waals surface area contributed by atoms with Crippen LogP contribution in [0.4, 0.5) is 5.69 Å². The summed E-state index contributed by atoms with van der Waals surface area (Å²) in [7, 11) is -4.05. The highest BCUT2D eigenvalue weighted by Crippen LogP contribution is 2.47. The van der Waals surface area contributed by atoms with Gasteiger partial charge in [-0.3, -0.25) is 4.55 Å². The minimum absolute atomic E-state index is 0.189. The maximum absolute atomic E-state index is 11.2. The molecule has 0 radical (unpaired) electrons. The Kier molecular flexibility index (Phi) is 8.40. The number of thioether (sulfide) groups is 1. The standard InChI is InChI=1S/C21H20BrClN2O5S4/c22-14-3-5-18-16(11-14)24(7-1-9-33(26)27)20(31-18)13-21-25(8-2-10-34(28,29)30)17-12-15(23)4-6-19(17)32-21/h3-6,11-13H,1-2,7-10H2,(H-,26,27,28,29,30)/p+1. The van der Waals surface area contributed by atoms with Gasteiger partial charge >= 0.3 is 0 Å². The first-order valence-corrected chi connectivity index (χ1v) is 15.9. The SMILES string of the molecule is O=S(O)CCC[n+]1c(/C=C2\Sc3ccc(Cl)cc3N2CCCS(=O)(=O)O)sc2ccc(Br)cc21. The molecule has 1 aliphatic heterocycles. The zero-order valence-corrected chi connectivity index (χ0v) is 23.3. The van der Waals surface area contributed by atoms with Crippen LogP contribution in [0.2, 0.25) is 5.02 Å². The lowest BCUT2D eigenvalue weighted by Crippen LogP contribution is -2.36. The quantitative estimate of drug-likeness (QED) is 0.187. The Bertz CT molecular complexity index is 1390. The lowest BCUT2D eigenvalue weighted by atomic mass is 10.2. The van der Waals surface area contributed by atoms with Crippen LogP contribution in [0.25, 0.3) is 16.3 Å². The van der Waals surface area contributed by atoms with Crippen molar-refractivity contribution in [2.24, 2.45) is 0 Å². The molecule has 3 aromatic rings. The molecule has 0 spiro atoms. The Labute approximate surface area is 222 Å². The van der Waals surface area contributed by atoms with E-state index in [1.165, 1.54) is 0 Å². The molecule has 4 rings (SSSR count). The van der Waals surface area contributed by atoms with Crippen LogP contribution < -0.4 is 9.47 Å². The van der Waals surface area contributed by atoms with Gasteiger partial charge in [-0.05, 0) is 36.8 Å². The lowest BCUT2D eigenvalue weighted by Gasteiger charge is -2.20. The highest BCUT2D eigenvalue weighted by Gasteiger charge is 2.28. The second kappa shape index (κ2) is 11.0. The summed E-state index contributed by atoms with van der Waals surface area (Å²) in [6.07, 6.45) is 2.86. The Morgan fingerprint density at radius 2 is 2.00 bits per heavy atom. The Balaban J connectivity index is 1.73. The van der Waals surface area contributed by atoms with Gasteiger partial charge in [-0.15, -0.1) is 0 Å². The number of hydrogen-bond acceptors (Lipinski definition) is 6. The maximum Gasteiger partial charge on any atom is 0.265 e. The van der Waals surface area contributed by atoms with Crippen LogP contribution >= 0.6 is 50.6 Å². The summed E-state index contributed by atoms with van der Waals surface area (Å²) in [5, 5.41) is 2.47. The highest BCUT2D eigenvalue weighted by molar-refractivity contribution is 9.10. The molecule has 1 aliphatic rings. The van der Waals surface area contributed by atoms with Gasteiger partial charge in [-0.1, -0.05) is 50.6 Å². The van der Waals surface area contributed by atoms with E-state index in [4.69, 9.17) is 16.2 Å². The number of benzene rings is 2. The smallest absolute Gasteiger partial charge is 0.265 e. The minimum atomic E-state index is -4.05. The summed E-state index contributed by atoms with van der Waals surface area (Å²) >= 11 is 11.1. The predicted molar refractivity (Wildman–Crippen MR) is 144 cm³/mol. The molecule has 2 heterocycles. The van der Waals surface area contributed by atoms with Crippen molar-refractivity contribution in [2.75, 3.05) is 23.0 Å². The zero-order chi connectivity index (χ0) is 24.5. The van der Waals surface area contributed by atoms with E-state index in [2.05, 4.69) is 26.6 Å². The third-order valence-electron chi connectivity index (χ3n) is 5.12. The molecular formula is C21H21BrClN2O5S4+. The number of aryl methyl sites for hydroxylation is 1. The highest BCUT2D eigenvalue weighted by atomic mass is 79.9. The number of thiazole rings is 1. The summed E-state index contributed by atoms with van der Waals surface area (Å²) < 4.78 is 56.2. The second-order valence-corrected chi connectivity index (χ2v) is 13.7. The third kappa shape index (κ3) is 6.41. The Hall–Kier alpha value is -0.990. The fourth-order valence-corrected chi connectivity index (χ4v) is 7.35. The van der Waals surface area contributed by atoms with Crippen LogP contribution in [0.15, 0.2) is 50.8 Å². The number of halogens is 2. The van der Waals surface area contributed by atoms with Gasteiger partial charge in [0.15, 0.2) is 17.6 Å². The van der Waals surface area contributed by atoms with E-state index in [-0.39, 0.29) is 17.9 Å². The normalized spacial score (nSPS) is 15.9. The first-order valence-electron chi connectivity index (χ1n) is 10.2. The number of fused-ring (bicyclic) bond motifs is 2. The van der Waals surface area contributed by atoms with Crippen molar-refractivity contribution < 1.29 is 26.3 Å². The molecule has 0 saturated heterocycles. The molecule has 0 saturated carbocycles. The van der Waals surface area contributed by atoms with Crippen LogP contribution in [-0.4, -0.2) is 39.8 Å². The summed E-state index contributed by atoms with van der Waals surface area (Å²) in [4.78, 5) is 3.03. The van der Waals surface area contributed by atoms with E-state index in [0.717, 1.165) is 35.3 Å². The Morgan fingerprint density at radius 1 is 1.21 bits per heavy atom. The van der Waals surface area contributed by atoms with Gasteiger partial charge in [0, 0.05) is 33.4 Å². The van der Waals surface area contributed by atoms with Crippen molar-refractivity contribution in [1.29, 1.82) is 0 Å². The molecule has 13 heteroatoms. The van der Waals surface area contributed by atoms with Crippen LogP contribution in [0.5, 0.6) is 0 Å². The molecule has 1 atom stereocenters. The lowest BCUT2D eigenvalue weighted by molar-refractivity contribution is -0.668. The first-order chi connectivity index (χ1) is 16.1. The molecule has 1 aromatic heterocycles. The van der Waals surface area contributed by atoms with Gasteiger partial charge in [0.05, 0.1) is 28.3 Å². The molecule has 0 fully saturated rings. The fourth-order valence-electron chi connectivity index (χ4n) is 3.68. The molecule has 2 aromatic carbocycles. The van der Waals surface area contributed by atoms with Gasteiger partial charge in [-0.25, -0.2) is 4.21 Å². The molecule has 7 nitrogen and oxygen atoms in total. The van der Waals surface area contributed by atoms with Gasteiger partial charge < -0.3 is 9.45 Å². The van der Waals surface area contributed by atoms with E-state index >= 15 is 0 Å². The molecular weight excluding hydrogens is 604 g/mol. The molecule has 34 heavy (non-hydrogen) atoms. The molecule has 0 bridgehead atoms. The van der Waals surface area contributed by atoms with Crippen LogP contribution in [0, 0.1) is 0 Å². The van der Waals surface area contributed by atoms with Crippen LogP contribution in [-0.2, 0) is 27.7 Å². The second-order valence-electron chi connectivity index (χ2n) is 7.57. The van der Waals surface area contributed by atoms with E-state index in [1.54, 1.807) is 23.1 Å². The molecule has 182 valence electrons. The van der Waals surface area contributed by atoms with Crippen molar-refractivity contribution in [3.63, 3.8) is 0 Å². The molecule has 0 aliphatic carbocycles. The monoisotopic (exact) mass is 623 g/mol. The van der Waals surface area contributed by atoms with E-state index in [1.807, 2.05) is 41.3 Å². The number of nitrogens with zero attached hydrogens (tertiary/aromatic N) is 2. The van der Waals surface area contributed by atoms with Gasteiger partial charge in [0.25, 0.3) is 15.1 Å². The predicted octanol–water partition coefficient (Wildman–Crippen LogP) is 5.41. The van der Waals surface area contributed by atoms with Gasteiger partial charge in [-0.2, -0.15) is 13.0 Å². The fraction of sp³-hybridized carbons (Fsp3) is 0.286. The molecule has 0 amide bonds. The van der Waals surface area contributed by atoms with Crippen molar-refractivity contribution >= 4 is 93.8 Å². The summed E-state index contributed by atoms with van der Waals surface area (Å²) in [6, 6.07) is 11.7. The number of anilines is 1. The Morgan fingerprint density at radius 3 is 2.74 bits per heavy atom. The molecule has 1 unspecified atom stereocenters. The van der Waals surface area contributed by atoms with Crippen molar-refractivity contribution in [3.8, 4) is 0 Å². The number of aromatic nitrogens is 1. The van der Waals surface area contributed by atoms with Crippen molar-refractivity contribution in [2.45, 2.75) is 24.3 Å². The number of rotatable bonds is 9. The zero-order valence-electron chi connectivity index (χ0n) is 17.7. The van der Waals surface area contributed by atoms with Crippen LogP contribution in [0.3, 0.4) is 0 Å². The summed E-state index contributed by atoms with van der Waals surface area (Å²) in [5.41, 5.74) is 1.92. The van der Waals surface area contributed by atoms with Crippen LogP contribution in [0.1, 0.15) is 17.8 Å². The summed E-state index contributed by atoms with van der Waals surface area (Å²) in [5.74, 6) is -0.138. The first kappa shape index (κ1) is 26.1. The largest absolute Gasteiger partial charge is 0.335 e. The minimum Gasteiger partial charge on any atom is -0.335 e. The molecule has 2 N–H and O–H groups in total. The van der Waals surface area contributed by atoms with E-state index in [0.29, 0.717) is 24.5 Å². The van der Waals surface area contributed by atoms with Crippen molar-refractivity contribution in [1.82, 2.24) is 0 Å². The topological polar surface area (TPSA) is 98.8 Å². The van der Waals surface area contributed by atoms with E-state index < -0.39 is 21.2 Å². The average molecular weight is 625 g/mol. The van der Waals surface area contributed by atoms with Gasteiger partial charge in [0.1, 0.15) is 4.70 Å². The number of hydrogen-bond donors (Lipinski definition) is 2. The van der Waals surface area contributed by atoms with Gasteiger partial charge in [0.2, 0.25) is 5.52 Å². The van der Waals surface area contributed by atoms with E-state index in [9.17, 15) is 17.2 Å². The summed E-state index contributed by atoms with van der Waals surface area (Å²) in [6.45, 7) is 0.972. The maximum atomic E-state index is 11.2. The average Bonchev–Trinajstić information content (AvgIpc) is 3.25.